The molecule has 0 fully saturated rings. The summed E-state index contributed by atoms with van der Waals surface area (Å²) in [5.74, 6) is 0.115. The highest BCUT2D eigenvalue weighted by molar-refractivity contribution is 7.80. The molecule has 1 heterocycles. The molecule has 6 aromatic rings. The van der Waals surface area contributed by atoms with Crippen LogP contribution < -0.4 is 41.3 Å². The summed E-state index contributed by atoms with van der Waals surface area (Å²) in [6.07, 6.45) is -3.75. The molecule has 0 saturated carbocycles. The largest absolute Gasteiger partial charge is 0.586 e. The second-order valence-corrected chi connectivity index (χ2v) is 14.4. The minimum atomic E-state index is -3.75. The van der Waals surface area contributed by atoms with Crippen molar-refractivity contribution in [2.24, 2.45) is 0 Å². The normalized spacial score (nSPS) is 13.4. The van der Waals surface area contributed by atoms with Crippen molar-refractivity contribution in [2.45, 2.75) is 6.29 Å². The standard InChI is InChI=1S/C37H26F2O2P2/c38-37(39)40-32-25-26-34(43(29-19-9-3-10-20-29)30-21-11-4-12-22-30)35(36(32)41-37)31-23-13-14-24-33(31)42(27-15-5-1-6-16-27)28-17-7-2-8-18-28/h1-26H. The molecule has 2 nitrogen and oxygen atoms in total. The molecule has 0 unspecified atom stereocenters. The smallest absolute Gasteiger partial charge is 0.395 e. The van der Waals surface area contributed by atoms with Crippen LogP contribution in [0.2, 0.25) is 0 Å². The van der Waals surface area contributed by atoms with Crippen molar-refractivity contribution in [1.29, 1.82) is 0 Å². The second-order valence-electron chi connectivity index (χ2n) is 9.98. The Morgan fingerprint density at radius 3 is 1.33 bits per heavy atom. The molecule has 0 amide bonds. The van der Waals surface area contributed by atoms with Crippen LogP contribution >= 0.6 is 15.8 Å². The lowest BCUT2D eigenvalue weighted by Gasteiger charge is -2.27. The van der Waals surface area contributed by atoms with Gasteiger partial charge in [-0.15, -0.1) is 8.78 Å². The molecule has 0 N–H and O–H groups in total. The number of halogens is 2. The summed E-state index contributed by atoms with van der Waals surface area (Å²) in [7, 11) is -2.18. The van der Waals surface area contributed by atoms with Crippen LogP contribution in [0.15, 0.2) is 158 Å². The number of benzene rings is 6. The number of hydrogen-bond donors (Lipinski definition) is 0. The minimum Gasteiger partial charge on any atom is -0.395 e. The Bertz CT molecular complexity index is 1770. The molecule has 0 bridgehead atoms. The van der Waals surface area contributed by atoms with Gasteiger partial charge in [0.2, 0.25) is 0 Å². The van der Waals surface area contributed by atoms with Crippen LogP contribution in [0.1, 0.15) is 0 Å². The predicted octanol–water partition coefficient (Wildman–Crippen LogP) is 7.19. The molecule has 0 radical (unpaired) electrons. The zero-order valence-electron chi connectivity index (χ0n) is 23.0. The van der Waals surface area contributed by atoms with Crippen molar-refractivity contribution in [3.8, 4) is 22.6 Å². The van der Waals surface area contributed by atoms with Gasteiger partial charge < -0.3 is 9.47 Å². The lowest BCUT2D eigenvalue weighted by Crippen LogP contribution is -2.27. The molecule has 7 rings (SSSR count). The Morgan fingerprint density at radius 2 is 0.837 bits per heavy atom. The van der Waals surface area contributed by atoms with Crippen LogP contribution in [0.3, 0.4) is 0 Å². The number of alkyl halides is 2. The maximum absolute atomic E-state index is 14.8. The van der Waals surface area contributed by atoms with E-state index in [-0.39, 0.29) is 11.5 Å². The van der Waals surface area contributed by atoms with Crippen molar-refractivity contribution < 1.29 is 18.3 Å². The van der Waals surface area contributed by atoms with Gasteiger partial charge in [-0.1, -0.05) is 146 Å². The molecule has 1 aliphatic heterocycles. The third-order valence-corrected chi connectivity index (χ3v) is 12.2. The summed E-state index contributed by atoms with van der Waals surface area (Å²) in [6, 6.07) is 52.9. The SMILES string of the molecule is FC1(F)Oc2ccc(P(c3ccccc3)c3ccccc3)c(-c3ccccc3P(c3ccccc3)c3ccccc3)c2O1. The van der Waals surface area contributed by atoms with Crippen molar-refractivity contribution in [3.63, 3.8) is 0 Å². The van der Waals surface area contributed by atoms with Crippen LogP contribution in [-0.4, -0.2) is 6.29 Å². The fourth-order valence-corrected chi connectivity index (χ4v) is 10.4. The maximum atomic E-state index is 14.8. The number of hydrogen-bond acceptors (Lipinski definition) is 2. The van der Waals surface area contributed by atoms with Gasteiger partial charge in [-0.25, -0.2) is 0 Å². The third kappa shape index (κ3) is 5.45. The van der Waals surface area contributed by atoms with E-state index in [2.05, 4.69) is 54.6 Å². The van der Waals surface area contributed by atoms with Crippen LogP contribution in [-0.2, 0) is 0 Å². The Hall–Kier alpha value is -4.36. The average Bonchev–Trinajstić information content (AvgIpc) is 3.38. The minimum absolute atomic E-state index is 0.0402. The molecule has 0 aromatic heterocycles. The molecule has 6 heteroatoms. The molecule has 210 valence electrons. The Morgan fingerprint density at radius 1 is 0.419 bits per heavy atom. The predicted molar refractivity (Wildman–Crippen MR) is 175 cm³/mol. The highest BCUT2D eigenvalue weighted by Crippen LogP contribution is 2.51. The van der Waals surface area contributed by atoms with Gasteiger partial charge in [-0.2, -0.15) is 0 Å². The summed E-state index contributed by atoms with van der Waals surface area (Å²) in [5, 5.41) is 6.54. The first kappa shape index (κ1) is 27.5. The first-order valence-corrected chi connectivity index (χ1v) is 16.6. The molecular formula is C37H26F2O2P2. The topological polar surface area (TPSA) is 18.5 Å². The monoisotopic (exact) mass is 602 g/mol. The number of rotatable bonds is 7. The first-order chi connectivity index (χ1) is 21.1. The van der Waals surface area contributed by atoms with Crippen LogP contribution in [0.25, 0.3) is 11.1 Å². The fourth-order valence-electron chi connectivity index (χ4n) is 5.49. The summed E-state index contributed by atoms with van der Waals surface area (Å²) in [6.45, 7) is 0. The zero-order chi connectivity index (χ0) is 29.2. The van der Waals surface area contributed by atoms with Gasteiger partial charge in [0.05, 0.1) is 0 Å². The van der Waals surface area contributed by atoms with Crippen LogP contribution in [0, 0.1) is 0 Å². The molecule has 1 aliphatic rings. The van der Waals surface area contributed by atoms with Gasteiger partial charge in [0.1, 0.15) is 0 Å². The van der Waals surface area contributed by atoms with Gasteiger partial charge in [-0.3, -0.25) is 0 Å². The van der Waals surface area contributed by atoms with E-state index in [1.807, 2.05) is 97.1 Å². The van der Waals surface area contributed by atoms with Crippen LogP contribution in [0.5, 0.6) is 11.5 Å². The van der Waals surface area contributed by atoms with Crippen LogP contribution in [0.4, 0.5) is 8.78 Å². The average molecular weight is 603 g/mol. The lowest BCUT2D eigenvalue weighted by atomic mass is 10.0. The van der Waals surface area contributed by atoms with E-state index in [1.165, 1.54) is 10.6 Å². The van der Waals surface area contributed by atoms with E-state index in [1.54, 1.807) is 6.07 Å². The Labute approximate surface area is 252 Å². The van der Waals surface area contributed by atoms with Gasteiger partial charge >= 0.3 is 6.29 Å². The van der Waals surface area contributed by atoms with Gasteiger partial charge in [0.25, 0.3) is 0 Å². The van der Waals surface area contributed by atoms with E-state index in [4.69, 9.17) is 9.47 Å². The van der Waals surface area contributed by atoms with E-state index >= 15 is 0 Å². The van der Waals surface area contributed by atoms with Gasteiger partial charge in [-0.05, 0) is 65.4 Å². The fraction of sp³-hybridized carbons (Fsp3) is 0.0270. The molecule has 0 aliphatic carbocycles. The van der Waals surface area contributed by atoms with E-state index in [0.29, 0.717) is 5.56 Å². The summed E-state index contributed by atoms with van der Waals surface area (Å²) in [5.41, 5.74) is 1.50. The quantitative estimate of drug-likeness (QED) is 0.180. The Balaban J connectivity index is 1.53. The van der Waals surface area contributed by atoms with Crippen molar-refractivity contribution >= 4 is 47.7 Å². The van der Waals surface area contributed by atoms with E-state index in [9.17, 15) is 8.78 Å². The summed E-state index contributed by atoms with van der Waals surface area (Å²) in [4.78, 5) is 0. The molecule has 6 aromatic carbocycles. The molecule has 0 spiro atoms. The maximum Gasteiger partial charge on any atom is 0.586 e. The number of fused-ring (bicyclic) bond motifs is 1. The van der Waals surface area contributed by atoms with E-state index in [0.717, 1.165) is 26.8 Å². The first-order valence-electron chi connectivity index (χ1n) is 13.9. The molecule has 0 saturated heterocycles. The van der Waals surface area contributed by atoms with Crippen molar-refractivity contribution in [2.75, 3.05) is 0 Å². The zero-order valence-corrected chi connectivity index (χ0v) is 24.8. The second kappa shape index (κ2) is 11.7. The number of ether oxygens (including phenoxy) is 2. The lowest BCUT2D eigenvalue weighted by molar-refractivity contribution is -0.286. The molecule has 43 heavy (non-hydrogen) atoms. The van der Waals surface area contributed by atoms with Crippen molar-refractivity contribution in [3.05, 3.63) is 158 Å². The van der Waals surface area contributed by atoms with Gasteiger partial charge in [0.15, 0.2) is 11.5 Å². The van der Waals surface area contributed by atoms with Crippen molar-refractivity contribution in [1.82, 2.24) is 0 Å². The third-order valence-electron chi connectivity index (χ3n) is 7.26. The molecular weight excluding hydrogens is 576 g/mol. The highest BCUT2D eigenvalue weighted by Gasteiger charge is 2.46. The summed E-state index contributed by atoms with van der Waals surface area (Å²) < 4.78 is 39.9. The summed E-state index contributed by atoms with van der Waals surface area (Å²) >= 11 is 0. The van der Waals surface area contributed by atoms with E-state index < -0.39 is 22.1 Å². The Kier molecular flexibility index (Phi) is 7.49. The highest BCUT2D eigenvalue weighted by atomic mass is 31.1. The van der Waals surface area contributed by atoms with Gasteiger partial charge in [0, 0.05) is 5.56 Å². The molecule has 0 atom stereocenters.